The van der Waals surface area contributed by atoms with Gasteiger partial charge in [-0.1, -0.05) is 6.42 Å². The molecule has 1 aromatic rings. The highest BCUT2D eigenvalue weighted by molar-refractivity contribution is 5.82. The lowest BCUT2D eigenvalue weighted by Gasteiger charge is -2.24. The number of aliphatic hydroxyl groups is 1. The van der Waals surface area contributed by atoms with E-state index in [2.05, 4.69) is 0 Å². The van der Waals surface area contributed by atoms with Crippen LogP contribution in [0.5, 0.6) is 0 Å². The maximum absolute atomic E-state index is 11.6. The summed E-state index contributed by atoms with van der Waals surface area (Å²) in [6, 6.07) is 3.63. The molecule has 0 bridgehead atoms. The highest BCUT2D eigenvalue weighted by atomic mass is 16.3. The van der Waals surface area contributed by atoms with Crippen LogP contribution in [0.1, 0.15) is 31.4 Å². The number of carbonyl (C=O) groups is 1. The lowest BCUT2D eigenvalue weighted by atomic mass is 9.83. The van der Waals surface area contributed by atoms with Gasteiger partial charge in [0.15, 0.2) is 0 Å². The average Bonchev–Trinajstić information content (AvgIpc) is 2.71. The van der Waals surface area contributed by atoms with E-state index in [0.717, 1.165) is 25.0 Å². The van der Waals surface area contributed by atoms with Crippen molar-refractivity contribution in [1.82, 2.24) is 0 Å². The Morgan fingerprint density at radius 1 is 1.53 bits per heavy atom. The Morgan fingerprint density at radius 2 is 2.40 bits per heavy atom. The van der Waals surface area contributed by atoms with Gasteiger partial charge in [0.1, 0.15) is 11.5 Å². The summed E-state index contributed by atoms with van der Waals surface area (Å²) in [6.45, 7) is 0. The van der Waals surface area contributed by atoms with Gasteiger partial charge in [0, 0.05) is 18.8 Å². The molecule has 2 atom stereocenters. The molecule has 1 N–H and O–H groups in total. The highest BCUT2D eigenvalue weighted by Gasteiger charge is 2.29. The number of carbonyl (C=O) groups excluding carboxylic acids is 1. The van der Waals surface area contributed by atoms with Gasteiger partial charge < -0.3 is 9.52 Å². The lowest BCUT2D eigenvalue weighted by Crippen LogP contribution is -2.32. The summed E-state index contributed by atoms with van der Waals surface area (Å²) in [4.78, 5) is 11.6. The number of ketones is 1. The molecule has 0 radical (unpaired) electrons. The smallest absolute Gasteiger partial charge is 0.138 e. The van der Waals surface area contributed by atoms with Crippen molar-refractivity contribution in [3.05, 3.63) is 24.2 Å². The summed E-state index contributed by atoms with van der Waals surface area (Å²) in [6.07, 6.45) is 4.92. The molecule has 2 rings (SSSR count). The third-order valence-corrected chi connectivity index (χ3v) is 3.06. The normalized spacial score (nSPS) is 24.1. The second-order valence-electron chi connectivity index (χ2n) is 4.17. The van der Waals surface area contributed by atoms with E-state index in [4.69, 9.17) is 4.42 Å². The van der Waals surface area contributed by atoms with Crippen molar-refractivity contribution in [3.63, 3.8) is 0 Å². The molecular weight excluding hydrogens is 192 g/mol. The van der Waals surface area contributed by atoms with E-state index < -0.39 is 6.10 Å². The Morgan fingerprint density at radius 3 is 3.07 bits per heavy atom. The second-order valence-corrected chi connectivity index (χ2v) is 4.17. The Hall–Kier alpha value is -1.09. The maximum Gasteiger partial charge on any atom is 0.138 e. The van der Waals surface area contributed by atoms with Crippen LogP contribution in [0.4, 0.5) is 0 Å². The van der Waals surface area contributed by atoms with Crippen LogP contribution < -0.4 is 0 Å². The number of rotatable bonds is 3. The minimum Gasteiger partial charge on any atom is -0.469 e. The Bertz CT molecular complexity index is 316. The molecule has 0 spiro atoms. The minimum absolute atomic E-state index is 0.177. The van der Waals surface area contributed by atoms with E-state index in [1.165, 1.54) is 0 Å². The van der Waals surface area contributed by atoms with E-state index >= 15 is 0 Å². The predicted octanol–water partition coefficient (Wildman–Crippen LogP) is 1.94. The summed E-state index contributed by atoms with van der Waals surface area (Å²) >= 11 is 0. The summed E-state index contributed by atoms with van der Waals surface area (Å²) in [5.41, 5.74) is 0. The highest BCUT2D eigenvalue weighted by Crippen LogP contribution is 2.25. The van der Waals surface area contributed by atoms with Gasteiger partial charge in [-0.15, -0.1) is 0 Å². The first-order chi connectivity index (χ1) is 7.27. The van der Waals surface area contributed by atoms with Crippen molar-refractivity contribution in [2.75, 3.05) is 0 Å². The summed E-state index contributed by atoms with van der Waals surface area (Å²) in [5, 5.41) is 9.94. The van der Waals surface area contributed by atoms with Crippen LogP contribution in [0.3, 0.4) is 0 Å². The molecule has 1 aliphatic carbocycles. The first-order valence-electron chi connectivity index (χ1n) is 5.50. The first kappa shape index (κ1) is 10.4. The van der Waals surface area contributed by atoms with Crippen LogP contribution in [0.2, 0.25) is 0 Å². The van der Waals surface area contributed by atoms with Crippen LogP contribution in [-0.2, 0) is 11.2 Å². The number of Topliss-reactive ketones (excluding diaryl/α,β-unsaturated/α-hetero) is 1. The van der Waals surface area contributed by atoms with E-state index in [1.54, 1.807) is 12.3 Å². The van der Waals surface area contributed by atoms with Crippen molar-refractivity contribution < 1.29 is 14.3 Å². The Kier molecular flexibility index (Phi) is 3.21. The summed E-state index contributed by atoms with van der Waals surface area (Å²) in [7, 11) is 0. The monoisotopic (exact) mass is 208 g/mol. The molecule has 3 nitrogen and oxygen atoms in total. The van der Waals surface area contributed by atoms with Gasteiger partial charge in [-0.2, -0.15) is 0 Å². The van der Waals surface area contributed by atoms with Gasteiger partial charge in [0.25, 0.3) is 0 Å². The van der Waals surface area contributed by atoms with E-state index in [1.807, 2.05) is 6.07 Å². The molecule has 0 saturated heterocycles. The Balaban J connectivity index is 1.94. The van der Waals surface area contributed by atoms with Gasteiger partial charge in [-0.25, -0.2) is 0 Å². The lowest BCUT2D eigenvalue weighted by molar-refractivity contribution is -0.128. The summed E-state index contributed by atoms with van der Waals surface area (Å²) < 4.78 is 5.16. The third kappa shape index (κ3) is 2.48. The standard InChI is InChI=1S/C12H16O3/c13-11-6-2-1-5-10(11)12(14)8-9-4-3-7-15-9/h3-4,7,10,12,14H,1-2,5-6,8H2/t10-,12-/m0/s1. The van der Waals surface area contributed by atoms with Crippen LogP contribution in [0.25, 0.3) is 0 Å². The van der Waals surface area contributed by atoms with Gasteiger partial charge in [-0.3, -0.25) is 4.79 Å². The topological polar surface area (TPSA) is 50.4 Å². The molecule has 0 unspecified atom stereocenters. The largest absolute Gasteiger partial charge is 0.469 e. The van der Waals surface area contributed by atoms with Crippen LogP contribution in [-0.4, -0.2) is 17.0 Å². The predicted molar refractivity (Wildman–Crippen MR) is 55.4 cm³/mol. The number of hydrogen-bond donors (Lipinski definition) is 1. The second kappa shape index (κ2) is 4.62. The zero-order valence-electron chi connectivity index (χ0n) is 8.69. The van der Waals surface area contributed by atoms with Crippen LogP contribution >= 0.6 is 0 Å². The fraction of sp³-hybridized carbons (Fsp3) is 0.583. The molecule has 82 valence electrons. The molecule has 1 heterocycles. The van der Waals surface area contributed by atoms with Gasteiger partial charge >= 0.3 is 0 Å². The Labute approximate surface area is 89.1 Å². The third-order valence-electron chi connectivity index (χ3n) is 3.06. The van der Waals surface area contributed by atoms with Crippen molar-refractivity contribution in [2.45, 2.75) is 38.2 Å². The molecule has 0 aromatic carbocycles. The van der Waals surface area contributed by atoms with Crippen molar-refractivity contribution in [3.8, 4) is 0 Å². The molecule has 1 fully saturated rings. The maximum atomic E-state index is 11.6. The zero-order valence-corrected chi connectivity index (χ0v) is 8.69. The summed E-state index contributed by atoms with van der Waals surface area (Å²) in [5.74, 6) is 0.782. The number of aliphatic hydroxyl groups excluding tert-OH is 1. The molecule has 1 saturated carbocycles. The number of furan rings is 1. The SMILES string of the molecule is O=C1CCCC[C@@H]1[C@@H](O)Cc1ccco1. The first-order valence-corrected chi connectivity index (χ1v) is 5.50. The van der Waals surface area contributed by atoms with Crippen molar-refractivity contribution in [1.29, 1.82) is 0 Å². The molecule has 1 aliphatic rings. The molecule has 0 aliphatic heterocycles. The van der Waals surface area contributed by atoms with Gasteiger partial charge in [-0.05, 0) is 25.0 Å². The van der Waals surface area contributed by atoms with Crippen molar-refractivity contribution in [2.24, 2.45) is 5.92 Å². The molecule has 1 aromatic heterocycles. The van der Waals surface area contributed by atoms with E-state index in [9.17, 15) is 9.90 Å². The van der Waals surface area contributed by atoms with Gasteiger partial charge in [0.05, 0.1) is 12.4 Å². The van der Waals surface area contributed by atoms with E-state index in [0.29, 0.717) is 12.8 Å². The molecule has 0 amide bonds. The van der Waals surface area contributed by atoms with Crippen LogP contribution in [0, 0.1) is 5.92 Å². The van der Waals surface area contributed by atoms with Crippen molar-refractivity contribution >= 4 is 5.78 Å². The fourth-order valence-electron chi connectivity index (χ4n) is 2.19. The zero-order chi connectivity index (χ0) is 10.7. The average molecular weight is 208 g/mol. The van der Waals surface area contributed by atoms with Crippen LogP contribution in [0.15, 0.2) is 22.8 Å². The van der Waals surface area contributed by atoms with E-state index in [-0.39, 0.29) is 11.7 Å². The quantitative estimate of drug-likeness (QED) is 0.825. The number of hydrogen-bond acceptors (Lipinski definition) is 3. The molecule has 15 heavy (non-hydrogen) atoms. The molecular formula is C12H16O3. The van der Waals surface area contributed by atoms with Gasteiger partial charge in [0.2, 0.25) is 0 Å². The fourth-order valence-corrected chi connectivity index (χ4v) is 2.19. The molecule has 3 heteroatoms. The minimum atomic E-state index is -0.580.